The molecule has 0 atom stereocenters. The van der Waals surface area contributed by atoms with E-state index in [1.807, 2.05) is 0 Å². The standard InChI is InChI=1S/C10H9BrF2O2/c1-10(12,13)7-4-3-6(5-8(7)11)9(14)15-2/h3-5H,1-2H3. The second-order valence-electron chi connectivity index (χ2n) is 3.07. The minimum Gasteiger partial charge on any atom is -0.465 e. The van der Waals surface area contributed by atoms with Crippen molar-refractivity contribution in [1.29, 1.82) is 0 Å². The molecule has 1 aromatic rings. The number of halogens is 3. The lowest BCUT2D eigenvalue weighted by Crippen LogP contribution is -2.09. The molecule has 0 bridgehead atoms. The van der Waals surface area contributed by atoms with E-state index in [1.165, 1.54) is 25.3 Å². The highest BCUT2D eigenvalue weighted by Crippen LogP contribution is 2.33. The van der Waals surface area contributed by atoms with Crippen LogP contribution in [0.1, 0.15) is 22.8 Å². The first kappa shape index (κ1) is 12.1. The highest BCUT2D eigenvalue weighted by Gasteiger charge is 2.27. The van der Waals surface area contributed by atoms with Crippen molar-refractivity contribution in [2.75, 3.05) is 7.11 Å². The molecule has 0 aliphatic carbocycles. The number of alkyl halides is 2. The summed E-state index contributed by atoms with van der Waals surface area (Å²) in [5.41, 5.74) is 0.0764. The van der Waals surface area contributed by atoms with E-state index in [0.29, 0.717) is 0 Å². The first-order chi connectivity index (χ1) is 6.86. The number of carbonyl (C=O) groups excluding carboxylic acids is 1. The number of carbonyl (C=O) groups is 1. The summed E-state index contributed by atoms with van der Waals surface area (Å²) in [4.78, 5) is 11.1. The van der Waals surface area contributed by atoms with Crippen molar-refractivity contribution in [2.24, 2.45) is 0 Å². The molecule has 1 rings (SSSR count). The highest BCUT2D eigenvalue weighted by molar-refractivity contribution is 9.10. The molecule has 0 aliphatic heterocycles. The summed E-state index contributed by atoms with van der Waals surface area (Å²) in [5.74, 6) is -3.49. The summed E-state index contributed by atoms with van der Waals surface area (Å²) in [6.07, 6.45) is 0. The van der Waals surface area contributed by atoms with Gasteiger partial charge in [0.05, 0.1) is 12.7 Å². The van der Waals surface area contributed by atoms with Gasteiger partial charge in [0, 0.05) is 17.0 Å². The van der Waals surface area contributed by atoms with Crippen LogP contribution in [0.25, 0.3) is 0 Å². The zero-order valence-electron chi connectivity index (χ0n) is 8.18. The van der Waals surface area contributed by atoms with E-state index < -0.39 is 11.9 Å². The number of hydrogen-bond donors (Lipinski definition) is 0. The molecular formula is C10H9BrF2O2. The third-order valence-electron chi connectivity index (χ3n) is 1.86. The maximum absolute atomic E-state index is 13.0. The molecule has 0 aromatic heterocycles. The van der Waals surface area contributed by atoms with E-state index in [-0.39, 0.29) is 15.6 Å². The van der Waals surface area contributed by atoms with Gasteiger partial charge < -0.3 is 4.74 Å². The Bertz CT molecular complexity index is 385. The molecule has 0 amide bonds. The van der Waals surface area contributed by atoms with Crippen molar-refractivity contribution in [3.05, 3.63) is 33.8 Å². The van der Waals surface area contributed by atoms with Crippen molar-refractivity contribution in [3.8, 4) is 0 Å². The zero-order valence-corrected chi connectivity index (χ0v) is 9.77. The van der Waals surface area contributed by atoms with Gasteiger partial charge in [0.2, 0.25) is 0 Å². The fourth-order valence-corrected chi connectivity index (χ4v) is 1.84. The van der Waals surface area contributed by atoms with Gasteiger partial charge in [-0.1, -0.05) is 22.0 Å². The number of methoxy groups -OCH3 is 1. The number of ether oxygens (including phenoxy) is 1. The summed E-state index contributed by atoms with van der Waals surface area (Å²) < 4.78 is 30.6. The number of benzene rings is 1. The average molecular weight is 279 g/mol. The van der Waals surface area contributed by atoms with E-state index in [4.69, 9.17) is 0 Å². The van der Waals surface area contributed by atoms with Crippen LogP contribution in [0.15, 0.2) is 22.7 Å². The summed E-state index contributed by atoms with van der Waals surface area (Å²) in [7, 11) is 1.23. The van der Waals surface area contributed by atoms with Gasteiger partial charge in [-0.25, -0.2) is 13.6 Å². The van der Waals surface area contributed by atoms with Gasteiger partial charge >= 0.3 is 5.97 Å². The normalized spacial score (nSPS) is 11.3. The van der Waals surface area contributed by atoms with E-state index in [1.54, 1.807) is 0 Å². The fourth-order valence-electron chi connectivity index (χ4n) is 1.12. The Balaban J connectivity index is 3.15. The number of esters is 1. The first-order valence-corrected chi connectivity index (χ1v) is 4.91. The first-order valence-electron chi connectivity index (χ1n) is 4.12. The molecule has 0 saturated heterocycles. The Morgan fingerprint density at radius 1 is 1.47 bits per heavy atom. The predicted molar refractivity (Wildman–Crippen MR) is 55.0 cm³/mol. The van der Waals surface area contributed by atoms with Crippen LogP contribution in [-0.2, 0) is 10.7 Å². The molecule has 0 heterocycles. The highest BCUT2D eigenvalue weighted by atomic mass is 79.9. The number of hydrogen-bond acceptors (Lipinski definition) is 2. The molecule has 0 aliphatic rings. The minimum absolute atomic E-state index is 0.157. The van der Waals surface area contributed by atoms with Crippen molar-refractivity contribution in [2.45, 2.75) is 12.8 Å². The molecule has 0 spiro atoms. The Kier molecular flexibility index (Phi) is 3.44. The lowest BCUT2D eigenvalue weighted by molar-refractivity contribution is 0.0166. The quantitative estimate of drug-likeness (QED) is 0.776. The summed E-state index contributed by atoms with van der Waals surface area (Å²) in [6, 6.07) is 3.83. The molecular weight excluding hydrogens is 270 g/mol. The van der Waals surface area contributed by atoms with Gasteiger partial charge in [0.25, 0.3) is 5.92 Å². The van der Waals surface area contributed by atoms with E-state index in [2.05, 4.69) is 20.7 Å². The average Bonchev–Trinajstić information content (AvgIpc) is 2.14. The van der Waals surface area contributed by atoms with Gasteiger partial charge in [-0.3, -0.25) is 0 Å². The molecule has 0 saturated carbocycles. The van der Waals surface area contributed by atoms with Gasteiger partial charge in [0.15, 0.2) is 0 Å². The van der Waals surface area contributed by atoms with E-state index in [9.17, 15) is 13.6 Å². The Hall–Kier alpha value is -0.970. The van der Waals surface area contributed by atoms with Crippen LogP contribution in [0.4, 0.5) is 8.78 Å². The van der Waals surface area contributed by atoms with Crippen LogP contribution in [0.2, 0.25) is 0 Å². The second kappa shape index (κ2) is 4.26. The molecule has 0 unspecified atom stereocenters. The molecule has 0 N–H and O–H groups in total. The van der Waals surface area contributed by atoms with Crippen LogP contribution in [0.5, 0.6) is 0 Å². The lowest BCUT2D eigenvalue weighted by Gasteiger charge is -2.13. The van der Waals surface area contributed by atoms with Crippen molar-refractivity contribution in [1.82, 2.24) is 0 Å². The minimum atomic E-state index is -2.94. The third kappa shape index (κ3) is 2.75. The number of rotatable bonds is 2. The molecule has 2 nitrogen and oxygen atoms in total. The smallest absolute Gasteiger partial charge is 0.337 e. The van der Waals surface area contributed by atoms with Crippen molar-refractivity contribution in [3.63, 3.8) is 0 Å². The van der Waals surface area contributed by atoms with Crippen LogP contribution in [0, 0.1) is 0 Å². The summed E-state index contributed by atoms with van der Waals surface area (Å²) >= 11 is 2.99. The van der Waals surface area contributed by atoms with Crippen LogP contribution in [-0.4, -0.2) is 13.1 Å². The predicted octanol–water partition coefficient (Wildman–Crippen LogP) is 3.35. The fraction of sp³-hybridized carbons (Fsp3) is 0.300. The third-order valence-corrected chi connectivity index (χ3v) is 2.52. The molecule has 5 heteroatoms. The maximum atomic E-state index is 13.0. The largest absolute Gasteiger partial charge is 0.465 e. The second-order valence-corrected chi connectivity index (χ2v) is 3.93. The topological polar surface area (TPSA) is 26.3 Å². The Labute approximate surface area is 94.4 Å². The van der Waals surface area contributed by atoms with Crippen molar-refractivity contribution >= 4 is 21.9 Å². The molecule has 0 fully saturated rings. The van der Waals surface area contributed by atoms with Gasteiger partial charge in [-0.2, -0.15) is 0 Å². The summed E-state index contributed by atoms with van der Waals surface area (Å²) in [5, 5.41) is 0. The molecule has 1 aromatic carbocycles. The van der Waals surface area contributed by atoms with Gasteiger partial charge in [-0.15, -0.1) is 0 Å². The Morgan fingerprint density at radius 2 is 2.07 bits per heavy atom. The monoisotopic (exact) mass is 278 g/mol. The van der Waals surface area contributed by atoms with Crippen LogP contribution >= 0.6 is 15.9 Å². The molecule has 82 valence electrons. The van der Waals surface area contributed by atoms with Crippen LogP contribution in [0.3, 0.4) is 0 Å². The molecule has 0 radical (unpaired) electrons. The Morgan fingerprint density at radius 3 is 2.47 bits per heavy atom. The van der Waals surface area contributed by atoms with Gasteiger partial charge in [-0.05, 0) is 12.1 Å². The van der Waals surface area contributed by atoms with Crippen LogP contribution < -0.4 is 0 Å². The maximum Gasteiger partial charge on any atom is 0.337 e. The SMILES string of the molecule is COC(=O)c1ccc(C(C)(F)F)c(Br)c1. The summed E-state index contributed by atoms with van der Waals surface area (Å²) in [6.45, 7) is 0.797. The van der Waals surface area contributed by atoms with Crippen molar-refractivity contribution < 1.29 is 18.3 Å². The zero-order chi connectivity index (χ0) is 11.6. The lowest BCUT2D eigenvalue weighted by atomic mass is 10.1. The van der Waals surface area contributed by atoms with Gasteiger partial charge in [0.1, 0.15) is 0 Å². The van der Waals surface area contributed by atoms with E-state index in [0.717, 1.165) is 6.92 Å². The molecule has 15 heavy (non-hydrogen) atoms. The van der Waals surface area contributed by atoms with E-state index >= 15 is 0 Å².